The van der Waals surface area contributed by atoms with Crippen molar-refractivity contribution in [2.45, 2.75) is 12.6 Å². The number of hydrogen-bond donors (Lipinski definition) is 2. The summed E-state index contributed by atoms with van der Waals surface area (Å²) in [6.07, 6.45) is -0.261. The number of ether oxygens (including phenoxy) is 1. The Labute approximate surface area is 187 Å². The van der Waals surface area contributed by atoms with Crippen molar-refractivity contribution in [2.75, 3.05) is 25.1 Å². The molecule has 0 aliphatic carbocycles. The van der Waals surface area contributed by atoms with Crippen molar-refractivity contribution in [2.24, 2.45) is 0 Å². The quantitative estimate of drug-likeness (QED) is 0.413. The topological polar surface area (TPSA) is 91.6 Å². The van der Waals surface area contributed by atoms with Crippen LogP contribution in [-0.2, 0) is 0 Å². The van der Waals surface area contributed by atoms with Gasteiger partial charge >= 0.3 is 0 Å². The van der Waals surface area contributed by atoms with E-state index in [-0.39, 0.29) is 23.1 Å². The lowest BCUT2D eigenvalue weighted by molar-refractivity contribution is 0.0999. The number of nitrogens with one attached hydrogen (secondary N) is 1. The van der Waals surface area contributed by atoms with Crippen LogP contribution in [0.15, 0.2) is 47.0 Å². The Morgan fingerprint density at radius 3 is 2.75 bits per heavy atom. The Balaban J connectivity index is 1.54. The first-order valence-electron chi connectivity index (χ1n) is 10.0. The number of aromatic hydroxyl groups is 1. The molecule has 5 rings (SSSR count). The first kappa shape index (κ1) is 20.4. The molecule has 3 heterocycles. The molecule has 1 fully saturated rings. The minimum atomic E-state index is -0.798. The molecule has 0 spiro atoms. The van der Waals surface area contributed by atoms with Gasteiger partial charge in [-0.05, 0) is 41.4 Å². The van der Waals surface area contributed by atoms with Gasteiger partial charge in [0.2, 0.25) is 17.4 Å². The highest BCUT2D eigenvalue weighted by molar-refractivity contribution is 6.34. The highest BCUT2D eigenvalue weighted by Gasteiger charge is 2.25. The molecule has 1 aliphatic rings. The zero-order valence-corrected chi connectivity index (χ0v) is 17.8. The number of methoxy groups -OCH3 is 1. The second kappa shape index (κ2) is 7.87. The monoisotopic (exact) mass is 455 g/mol. The van der Waals surface area contributed by atoms with Gasteiger partial charge in [-0.1, -0.05) is 23.7 Å². The number of H-pyrrole nitrogens is 1. The molecule has 1 aliphatic heterocycles. The molecule has 32 heavy (non-hydrogen) atoms. The Morgan fingerprint density at radius 2 is 2.09 bits per heavy atom. The molecule has 1 saturated heterocycles. The number of nitrogens with zero attached hydrogens (tertiary/aromatic N) is 2. The maximum Gasteiger partial charge on any atom is 0.254 e. The number of benzene rings is 2. The summed E-state index contributed by atoms with van der Waals surface area (Å²) in [5.41, 5.74) is 3.03. The van der Waals surface area contributed by atoms with E-state index in [1.165, 1.54) is 13.2 Å². The molecule has 0 unspecified atom stereocenters. The summed E-state index contributed by atoms with van der Waals surface area (Å²) in [6, 6.07) is 12.4. The fourth-order valence-corrected chi connectivity index (χ4v) is 4.31. The summed E-state index contributed by atoms with van der Waals surface area (Å²) in [4.78, 5) is 17.8. The second-order valence-electron chi connectivity index (χ2n) is 7.67. The van der Waals surface area contributed by atoms with Crippen molar-refractivity contribution in [1.82, 2.24) is 10.1 Å². The number of carbonyl (C=O) groups is 1. The lowest BCUT2D eigenvalue weighted by Crippen LogP contribution is -2.19. The molecule has 4 aromatic rings. The lowest BCUT2D eigenvalue weighted by Gasteiger charge is -2.18. The van der Waals surface area contributed by atoms with Crippen LogP contribution >= 0.6 is 11.6 Å². The molecule has 164 valence electrons. The number of anilines is 1. The van der Waals surface area contributed by atoms with Gasteiger partial charge in [0.1, 0.15) is 6.17 Å². The third-order valence-corrected chi connectivity index (χ3v) is 6.00. The molecule has 2 aromatic carbocycles. The van der Waals surface area contributed by atoms with Crippen molar-refractivity contribution < 1.29 is 23.6 Å². The van der Waals surface area contributed by atoms with Gasteiger partial charge in [-0.2, -0.15) is 0 Å². The molecule has 0 amide bonds. The van der Waals surface area contributed by atoms with Crippen LogP contribution in [-0.4, -0.2) is 47.4 Å². The lowest BCUT2D eigenvalue weighted by atomic mass is 10.00. The predicted octanol–water partition coefficient (Wildman–Crippen LogP) is 4.97. The third kappa shape index (κ3) is 3.46. The van der Waals surface area contributed by atoms with E-state index in [0.717, 1.165) is 11.3 Å². The number of carbonyl (C=O) groups excluding carboxylic acids is 1. The highest BCUT2D eigenvalue weighted by Crippen LogP contribution is 2.38. The summed E-state index contributed by atoms with van der Waals surface area (Å²) < 4.78 is 23.5. The Bertz CT molecular complexity index is 1320. The standard InChI is InChI=1S/C23H19ClFN3O4/c1-31-20-10-19(32-27-20)22(29)21-16-8-15(17(24)9-18(16)26-23(21)30)12-2-4-14(5-3-12)28-7-6-13(25)11-28/h2-5,8-10,13,26,30H,6-7,11H2,1H3/t13-/m1/s1. The fraction of sp³-hybridized carbons (Fsp3) is 0.217. The number of alkyl halides is 1. The predicted molar refractivity (Wildman–Crippen MR) is 119 cm³/mol. The van der Waals surface area contributed by atoms with Crippen LogP contribution < -0.4 is 9.64 Å². The number of ketones is 1. The molecule has 1 atom stereocenters. The summed E-state index contributed by atoms with van der Waals surface area (Å²) in [6.45, 7) is 1.08. The Hall–Kier alpha value is -3.52. The van der Waals surface area contributed by atoms with Gasteiger partial charge in [0, 0.05) is 29.7 Å². The van der Waals surface area contributed by atoms with Gasteiger partial charge in [-0.15, -0.1) is 0 Å². The van der Waals surface area contributed by atoms with Crippen LogP contribution in [0.3, 0.4) is 0 Å². The average molecular weight is 456 g/mol. The zero-order chi connectivity index (χ0) is 22.4. The van der Waals surface area contributed by atoms with E-state index in [1.54, 1.807) is 12.1 Å². The summed E-state index contributed by atoms with van der Waals surface area (Å²) in [5, 5.41) is 15.0. The van der Waals surface area contributed by atoms with Crippen molar-refractivity contribution in [3.8, 4) is 22.9 Å². The van der Waals surface area contributed by atoms with Crippen LogP contribution in [0.25, 0.3) is 22.0 Å². The van der Waals surface area contributed by atoms with Gasteiger partial charge in [0.25, 0.3) is 5.88 Å². The Kier molecular flexibility index (Phi) is 5.01. The summed E-state index contributed by atoms with van der Waals surface area (Å²) in [5.74, 6) is -0.731. The van der Waals surface area contributed by atoms with Gasteiger partial charge in [-0.3, -0.25) is 4.79 Å². The van der Waals surface area contributed by atoms with Gasteiger partial charge in [0.05, 0.1) is 29.3 Å². The van der Waals surface area contributed by atoms with Crippen molar-refractivity contribution in [3.05, 3.63) is 58.8 Å². The maximum atomic E-state index is 13.5. The second-order valence-corrected chi connectivity index (χ2v) is 8.07. The molecule has 0 saturated carbocycles. The van der Waals surface area contributed by atoms with Crippen LogP contribution in [0.5, 0.6) is 11.8 Å². The van der Waals surface area contributed by atoms with Gasteiger partial charge < -0.3 is 24.3 Å². The number of hydrogen-bond acceptors (Lipinski definition) is 6. The summed E-state index contributed by atoms with van der Waals surface area (Å²) >= 11 is 6.51. The van der Waals surface area contributed by atoms with E-state index in [0.29, 0.717) is 41.0 Å². The van der Waals surface area contributed by atoms with Crippen LogP contribution in [0, 0.1) is 0 Å². The number of rotatable bonds is 5. The molecule has 9 heteroatoms. The van der Waals surface area contributed by atoms with Crippen LogP contribution in [0.4, 0.5) is 10.1 Å². The van der Waals surface area contributed by atoms with Gasteiger partial charge in [0.15, 0.2) is 0 Å². The van der Waals surface area contributed by atoms with Crippen LogP contribution in [0.1, 0.15) is 22.5 Å². The zero-order valence-electron chi connectivity index (χ0n) is 17.1. The minimum Gasteiger partial charge on any atom is -0.494 e. The summed E-state index contributed by atoms with van der Waals surface area (Å²) in [7, 11) is 1.41. The molecule has 0 radical (unpaired) electrons. The normalized spacial score (nSPS) is 16.1. The van der Waals surface area contributed by atoms with Crippen LogP contribution in [0.2, 0.25) is 5.02 Å². The average Bonchev–Trinajstić information content (AvgIpc) is 3.51. The van der Waals surface area contributed by atoms with E-state index >= 15 is 0 Å². The van der Waals surface area contributed by atoms with E-state index in [2.05, 4.69) is 10.1 Å². The van der Waals surface area contributed by atoms with Crippen molar-refractivity contribution >= 4 is 34.0 Å². The molecular formula is C23H19ClFN3O4. The minimum absolute atomic E-state index is 0.0550. The largest absolute Gasteiger partial charge is 0.494 e. The molecule has 2 aromatic heterocycles. The fourth-order valence-electron chi connectivity index (χ4n) is 4.04. The van der Waals surface area contributed by atoms with Crippen molar-refractivity contribution in [3.63, 3.8) is 0 Å². The van der Waals surface area contributed by atoms with E-state index in [4.69, 9.17) is 20.9 Å². The molecular weight excluding hydrogens is 437 g/mol. The molecule has 0 bridgehead atoms. The highest BCUT2D eigenvalue weighted by atomic mass is 35.5. The van der Waals surface area contributed by atoms with E-state index in [9.17, 15) is 14.3 Å². The van der Waals surface area contributed by atoms with Gasteiger partial charge in [-0.25, -0.2) is 4.39 Å². The SMILES string of the molecule is COc1cc(C(=O)c2c(O)[nH]c3cc(Cl)c(-c4ccc(N5CC[C@@H](F)C5)cc4)cc23)on1. The van der Waals surface area contributed by atoms with E-state index < -0.39 is 12.0 Å². The number of fused-ring (bicyclic) bond motifs is 1. The number of aromatic amines is 1. The smallest absolute Gasteiger partial charge is 0.254 e. The number of aromatic nitrogens is 2. The maximum absolute atomic E-state index is 13.5. The van der Waals surface area contributed by atoms with Crippen molar-refractivity contribution in [1.29, 1.82) is 0 Å². The Morgan fingerprint density at radius 1 is 1.31 bits per heavy atom. The third-order valence-electron chi connectivity index (χ3n) is 5.69. The first-order chi connectivity index (χ1) is 15.4. The van der Waals surface area contributed by atoms with E-state index in [1.807, 2.05) is 29.2 Å². The molecule has 7 nitrogen and oxygen atoms in total. The number of halogens is 2. The first-order valence-corrected chi connectivity index (χ1v) is 10.4. The molecule has 2 N–H and O–H groups in total.